The Morgan fingerprint density at radius 3 is 2.00 bits per heavy atom. The van der Waals surface area contributed by atoms with Gasteiger partial charge >= 0.3 is 0 Å². The highest BCUT2D eigenvalue weighted by molar-refractivity contribution is 6.09. The predicted octanol–water partition coefficient (Wildman–Crippen LogP) is 3.44. The van der Waals surface area contributed by atoms with E-state index in [0.717, 1.165) is 12.8 Å². The first kappa shape index (κ1) is 25.3. The van der Waals surface area contributed by atoms with Gasteiger partial charge in [0.15, 0.2) is 11.5 Å². The summed E-state index contributed by atoms with van der Waals surface area (Å²) in [7, 11) is 3.20. The molecule has 1 aliphatic rings. The molecule has 0 aliphatic carbocycles. The molecule has 0 fully saturated rings. The number of hydrogen-bond donors (Lipinski definition) is 2. The zero-order valence-corrected chi connectivity index (χ0v) is 19.8. The average Bonchev–Trinajstić information content (AvgIpc) is 3.15. The number of amides is 1. The van der Waals surface area contributed by atoms with Crippen molar-refractivity contribution in [2.75, 3.05) is 20.8 Å². The van der Waals surface area contributed by atoms with Gasteiger partial charge in [0.05, 0.1) is 14.2 Å². The largest absolute Gasteiger partial charge is 0.497 e. The molecule has 35 heavy (non-hydrogen) atoms. The van der Waals surface area contributed by atoms with Gasteiger partial charge in [0, 0.05) is 6.54 Å². The molecule has 8 heteroatoms. The number of methoxy groups -OCH3 is 2. The maximum atomic E-state index is 13.9. The van der Waals surface area contributed by atoms with Crippen molar-refractivity contribution in [1.29, 1.82) is 0 Å². The first-order chi connectivity index (χ1) is 17.0. The third kappa shape index (κ3) is 5.43. The number of carboxylic acid groups (broad SMARTS) is 1. The molecular formula is C27H29N3O5. The van der Waals surface area contributed by atoms with Gasteiger partial charge < -0.3 is 20.3 Å². The Kier molecular flexibility index (Phi) is 8.45. The zero-order chi connectivity index (χ0) is 25.3. The number of nitrogens with two attached hydrogens (primary N) is 1. The summed E-state index contributed by atoms with van der Waals surface area (Å²) in [6, 6.07) is 25.0. The third-order valence-corrected chi connectivity index (χ3v) is 5.78. The highest BCUT2D eigenvalue weighted by Gasteiger charge is 2.50. The Bertz CT molecular complexity index is 1130. The summed E-state index contributed by atoms with van der Waals surface area (Å²) in [6.45, 7) is 0.235. The normalized spacial score (nSPS) is 13.9. The number of nitrogens with zero attached hydrogens (tertiary/aromatic N) is 2. The van der Waals surface area contributed by atoms with Gasteiger partial charge in [0.25, 0.3) is 12.4 Å². The minimum Gasteiger partial charge on any atom is -0.497 e. The molecule has 0 saturated heterocycles. The second kappa shape index (κ2) is 11.7. The number of hydrogen-bond acceptors (Lipinski definition) is 6. The molecule has 8 nitrogen and oxygen atoms in total. The van der Waals surface area contributed by atoms with Gasteiger partial charge in [-0.15, -0.1) is 0 Å². The van der Waals surface area contributed by atoms with Gasteiger partial charge in [-0.25, -0.2) is 4.99 Å². The minimum atomic E-state index is -1.29. The number of aryl methyl sites for hydroxylation is 1. The number of rotatable bonds is 8. The molecule has 3 aromatic carbocycles. The lowest BCUT2D eigenvalue weighted by atomic mass is 9.82. The highest BCUT2D eigenvalue weighted by atomic mass is 16.5. The molecule has 3 N–H and O–H groups in total. The summed E-state index contributed by atoms with van der Waals surface area (Å²) < 4.78 is 10.8. The lowest BCUT2D eigenvalue weighted by molar-refractivity contribution is -0.130. The van der Waals surface area contributed by atoms with E-state index in [9.17, 15) is 4.79 Å². The quantitative estimate of drug-likeness (QED) is 0.483. The Balaban J connectivity index is 0.00000108. The van der Waals surface area contributed by atoms with Crippen LogP contribution in [0.3, 0.4) is 0 Å². The van der Waals surface area contributed by atoms with Crippen LogP contribution in [0.2, 0.25) is 0 Å². The molecule has 182 valence electrons. The molecule has 0 aromatic heterocycles. The van der Waals surface area contributed by atoms with E-state index in [4.69, 9.17) is 30.1 Å². The smallest absolute Gasteiger partial charge is 0.290 e. The highest BCUT2D eigenvalue weighted by Crippen LogP contribution is 2.41. The van der Waals surface area contributed by atoms with Crippen LogP contribution in [0.15, 0.2) is 83.9 Å². The molecule has 3 aromatic rings. The lowest BCUT2D eigenvalue weighted by Gasteiger charge is -2.27. The number of carbonyl (C=O) groups is 2. The van der Waals surface area contributed by atoms with Gasteiger partial charge in [0.2, 0.25) is 0 Å². The van der Waals surface area contributed by atoms with E-state index >= 15 is 0 Å². The lowest BCUT2D eigenvalue weighted by Crippen LogP contribution is -2.44. The van der Waals surface area contributed by atoms with Gasteiger partial charge in [-0.3, -0.25) is 14.5 Å². The summed E-state index contributed by atoms with van der Waals surface area (Å²) >= 11 is 0. The predicted molar refractivity (Wildman–Crippen MR) is 134 cm³/mol. The number of ether oxygens (including phenoxy) is 2. The van der Waals surface area contributed by atoms with Crippen LogP contribution in [0.25, 0.3) is 0 Å². The summed E-state index contributed by atoms with van der Waals surface area (Å²) in [5.74, 6) is 1.33. The Hall–Kier alpha value is -4.33. The van der Waals surface area contributed by atoms with E-state index in [0.29, 0.717) is 29.2 Å². The Labute approximate surface area is 204 Å². The number of aliphatic imine (C=N–C) groups is 1. The average molecular weight is 476 g/mol. The Morgan fingerprint density at radius 1 is 0.943 bits per heavy atom. The van der Waals surface area contributed by atoms with E-state index in [1.807, 2.05) is 66.7 Å². The van der Waals surface area contributed by atoms with E-state index < -0.39 is 5.54 Å². The van der Waals surface area contributed by atoms with E-state index in [2.05, 4.69) is 12.1 Å². The fourth-order valence-electron chi connectivity index (χ4n) is 4.12. The van der Waals surface area contributed by atoms with Gasteiger partial charge in [-0.1, -0.05) is 54.6 Å². The molecule has 4 rings (SSSR count). The van der Waals surface area contributed by atoms with Crippen molar-refractivity contribution >= 4 is 18.3 Å². The summed E-state index contributed by atoms with van der Waals surface area (Å²) in [4.78, 5) is 28.6. The fourth-order valence-corrected chi connectivity index (χ4v) is 4.12. The zero-order valence-electron chi connectivity index (χ0n) is 19.8. The van der Waals surface area contributed by atoms with Gasteiger partial charge in [-0.05, 0) is 53.8 Å². The van der Waals surface area contributed by atoms with Crippen LogP contribution >= 0.6 is 0 Å². The first-order valence-electron chi connectivity index (χ1n) is 11.1. The van der Waals surface area contributed by atoms with Crippen LogP contribution in [0, 0.1) is 0 Å². The second-order valence-corrected chi connectivity index (χ2v) is 7.80. The third-order valence-electron chi connectivity index (χ3n) is 5.78. The second-order valence-electron chi connectivity index (χ2n) is 7.80. The van der Waals surface area contributed by atoms with E-state index in [1.165, 1.54) is 5.56 Å². The van der Waals surface area contributed by atoms with Crippen molar-refractivity contribution in [1.82, 2.24) is 4.90 Å². The van der Waals surface area contributed by atoms with Crippen molar-refractivity contribution in [3.8, 4) is 11.5 Å². The summed E-state index contributed by atoms with van der Waals surface area (Å²) in [5.41, 5.74) is 7.66. The molecule has 0 radical (unpaired) electrons. The SMILES string of the molecule is COc1cccc(C2(c3cccc(OC)c3)N=C(N)N(CCCc3ccccc3)C2=O)c1.O=CO. The molecule has 1 heterocycles. The van der Waals surface area contributed by atoms with Crippen LogP contribution < -0.4 is 15.2 Å². The van der Waals surface area contributed by atoms with Crippen LogP contribution in [0.5, 0.6) is 11.5 Å². The summed E-state index contributed by atoms with van der Waals surface area (Å²) in [5, 5.41) is 6.89. The van der Waals surface area contributed by atoms with E-state index in [1.54, 1.807) is 19.1 Å². The van der Waals surface area contributed by atoms with Gasteiger partial charge in [0.1, 0.15) is 11.5 Å². The van der Waals surface area contributed by atoms with E-state index in [-0.39, 0.29) is 18.3 Å². The van der Waals surface area contributed by atoms with Crippen molar-refractivity contribution in [2.24, 2.45) is 10.7 Å². The van der Waals surface area contributed by atoms with Gasteiger partial charge in [-0.2, -0.15) is 0 Å². The molecule has 0 atom stereocenters. The number of benzene rings is 3. The van der Waals surface area contributed by atoms with Crippen molar-refractivity contribution in [3.05, 3.63) is 95.6 Å². The fraction of sp³-hybridized carbons (Fsp3) is 0.222. The van der Waals surface area contributed by atoms with Crippen LogP contribution in [-0.2, 0) is 21.5 Å². The topological polar surface area (TPSA) is 114 Å². The van der Waals surface area contributed by atoms with Crippen LogP contribution in [-0.4, -0.2) is 49.1 Å². The van der Waals surface area contributed by atoms with Crippen LogP contribution in [0.1, 0.15) is 23.1 Å². The molecule has 1 amide bonds. The number of carbonyl (C=O) groups excluding carboxylic acids is 1. The maximum absolute atomic E-state index is 13.9. The van der Waals surface area contributed by atoms with Crippen molar-refractivity contribution in [3.63, 3.8) is 0 Å². The Morgan fingerprint density at radius 2 is 1.49 bits per heavy atom. The minimum absolute atomic E-state index is 0.176. The molecule has 1 aliphatic heterocycles. The molecule has 0 saturated carbocycles. The maximum Gasteiger partial charge on any atom is 0.290 e. The van der Waals surface area contributed by atoms with Crippen molar-refractivity contribution in [2.45, 2.75) is 18.4 Å². The molecule has 0 unspecified atom stereocenters. The summed E-state index contributed by atoms with van der Waals surface area (Å²) in [6.07, 6.45) is 1.63. The molecule has 0 spiro atoms. The standard InChI is InChI=1S/C26H27N3O3.CH2O2/c1-31-22-14-6-12-20(17-22)26(21-13-7-15-23(18-21)32-2)24(30)29(25(27)28-26)16-8-11-19-9-4-3-5-10-19;2-1-3/h3-7,9-10,12-15,17-18H,8,11,16H2,1-2H3,(H2,27,28);1H,(H,2,3). The number of guanidine groups is 1. The molecule has 0 bridgehead atoms. The monoisotopic (exact) mass is 475 g/mol. The van der Waals surface area contributed by atoms with Crippen molar-refractivity contribution < 1.29 is 24.2 Å². The molecular weight excluding hydrogens is 446 g/mol. The van der Waals surface area contributed by atoms with Crippen LogP contribution in [0.4, 0.5) is 0 Å². The first-order valence-corrected chi connectivity index (χ1v) is 11.1.